The minimum Gasteiger partial charge on any atom is -0.507 e. The van der Waals surface area contributed by atoms with Crippen LogP contribution in [0.25, 0.3) is 10.8 Å². The molecule has 0 bridgehead atoms. The molecule has 3 heteroatoms. The maximum atomic E-state index is 11.0. The molecule has 1 aliphatic heterocycles. The molecular formula is C26H20N2O. The van der Waals surface area contributed by atoms with Gasteiger partial charge < -0.3 is 5.11 Å². The molecule has 4 aromatic carbocycles. The van der Waals surface area contributed by atoms with E-state index in [-0.39, 0.29) is 5.75 Å². The molecule has 0 atom stereocenters. The third-order valence-corrected chi connectivity index (χ3v) is 5.32. The summed E-state index contributed by atoms with van der Waals surface area (Å²) in [4.78, 5) is 9.84. The van der Waals surface area contributed by atoms with Crippen LogP contribution in [0, 0.1) is 6.92 Å². The molecule has 5 rings (SSSR count). The molecule has 1 aliphatic rings. The number of benzene rings is 4. The standard InChI is InChI=1S/C26H20N2O/c1-17-10-12-19(13-11-17)24-16-25(28-23-9-5-4-8-22(23)27-24)21-15-14-18-6-2-3-7-20(18)26(21)29/h2-15,29H,16H2,1H3. The van der Waals surface area contributed by atoms with Gasteiger partial charge in [-0.25, -0.2) is 0 Å². The van der Waals surface area contributed by atoms with Crippen molar-refractivity contribution in [1.29, 1.82) is 0 Å². The molecule has 0 unspecified atom stereocenters. The van der Waals surface area contributed by atoms with Gasteiger partial charge in [0, 0.05) is 17.4 Å². The lowest BCUT2D eigenvalue weighted by molar-refractivity contribution is 0.480. The first-order valence-corrected chi connectivity index (χ1v) is 9.71. The van der Waals surface area contributed by atoms with Crippen LogP contribution in [0.15, 0.2) is 94.9 Å². The highest BCUT2D eigenvalue weighted by molar-refractivity contribution is 6.22. The number of aryl methyl sites for hydroxylation is 1. The zero-order valence-electron chi connectivity index (χ0n) is 16.1. The number of hydrogen-bond acceptors (Lipinski definition) is 3. The van der Waals surface area contributed by atoms with Crippen LogP contribution in [0.3, 0.4) is 0 Å². The van der Waals surface area contributed by atoms with E-state index in [9.17, 15) is 5.11 Å². The van der Waals surface area contributed by atoms with E-state index >= 15 is 0 Å². The summed E-state index contributed by atoms with van der Waals surface area (Å²) < 4.78 is 0. The lowest BCUT2D eigenvalue weighted by Gasteiger charge is -2.12. The lowest BCUT2D eigenvalue weighted by atomic mass is 9.96. The van der Waals surface area contributed by atoms with Gasteiger partial charge in [-0.3, -0.25) is 9.98 Å². The Bertz CT molecular complexity index is 1280. The first-order valence-electron chi connectivity index (χ1n) is 9.71. The Morgan fingerprint density at radius 1 is 0.690 bits per heavy atom. The van der Waals surface area contributed by atoms with E-state index in [1.54, 1.807) is 0 Å². The molecule has 1 heterocycles. The normalized spacial score (nSPS) is 13.4. The van der Waals surface area contributed by atoms with Crippen molar-refractivity contribution >= 4 is 33.6 Å². The van der Waals surface area contributed by atoms with Crippen molar-refractivity contribution in [2.75, 3.05) is 0 Å². The average Bonchev–Trinajstić information content (AvgIpc) is 2.94. The van der Waals surface area contributed by atoms with Crippen molar-refractivity contribution in [3.8, 4) is 5.75 Å². The molecule has 0 aliphatic carbocycles. The van der Waals surface area contributed by atoms with E-state index in [4.69, 9.17) is 9.98 Å². The monoisotopic (exact) mass is 376 g/mol. The number of fused-ring (bicyclic) bond motifs is 2. The van der Waals surface area contributed by atoms with Crippen molar-refractivity contribution in [1.82, 2.24) is 0 Å². The molecule has 0 aromatic heterocycles. The smallest absolute Gasteiger partial charge is 0.132 e. The van der Waals surface area contributed by atoms with Gasteiger partial charge in [0.1, 0.15) is 5.75 Å². The molecule has 0 saturated heterocycles. The Morgan fingerprint density at radius 3 is 2.10 bits per heavy atom. The summed E-state index contributed by atoms with van der Waals surface area (Å²) in [6, 6.07) is 28.1. The average molecular weight is 376 g/mol. The van der Waals surface area contributed by atoms with Gasteiger partial charge in [0.2, 0.25) is 0 Å². The first kappa shape index (κ1) is 17.4. The molecule has 140 valence electrons. The van der Waals surface area contributed by atoms with Gasteiger partial charge in [-0.05, 0) is 36.1 Å². The molecule has 0 radical (unpaired) electrons. The van der Waals surface area contributed by atoms with Crippen LogP contribution >= 0.6 is 0 Å². The van der Waals surface area contributed by atoms with Crippen LogP contribution in [0.4, 0.5) is 11.4 Å². The van der Waals surface area contributed by atoms with Crippen molar-refractivity contribution in [2.24, 2.45) is 9.98 Å². The Labute approximate surface area is 169 Å². The van der Waals surface area contributed by atoms with Crippen LogP contribution in [0.1, 0.15) is 23.1 Å². The minimum absolute atomic E-state index is 0.268. The van der Waals surface area contributed by atoms with Crippen LogP contribution in [-0.4, -0.2) is 16.5 Å². The molecule has 4 aromatic rings. The Hall–Kier alpha value is -3.72. The fourth-order valence-electron chi connectivity index (χ4n) is 3.74. The van der Waals surface area contributed by atoms with E-state index in [2.05, 4.69) is 31.2 Å². The second-order valence-corrected chi connectivity index (χ2v) is 7.33. The highest BCUT2D eigenvalue weighted by atomic mass is 16.3. The van der Waals surface area contributed by atoms with Crippen molar-refractivity contribution in [3.05, 3.63) is 102 Å². The van der Waals surface area contributed by atoms with Crippen molar-refractivity contribution in [3.63, 3.8) is 0 Å². The summed E-state index contributed by atoms with van der Waals surface area (Å²) in [6.07, 6.45) is 0.545. The summed E-state index contributed by atoms with van der Waals surface area (Å²) in [7, 11) is 0. The summed E-state index contributed by atoms with van der Waals surface area (Å²) in [5.74, 6) is 0.268. The van der Waals surface area contributed by atoms with Gasteiger partial charge in [0.25, 0.3) is 0 Å². The highest BCUT2D eigenvalue weighted by Crippen LogP contribution is 2.36. The Balaban J connectivity index is 1.69. The van der Waals surface area contributed by atoms with Gasteiger partial charge in [-0.1, -0.05) is 72.3 Å². The Morgan fingerprint density at radius 2 is 1.34 bits per heavy atom. The van der Waals surface area contributed by atoms with Crippen molar-refractivity contribution in [2.45, 2.75) is 13.3 Å². The van der Waals surface area contributed by atoms with Gasteiger partial charge in [-0.2, -0.15) is 0 Å². The number of phenols is 1. The zero-order chi connectivity index (χ0) is 19.8. The lowest BCUT2D eigenvalue weighted by Crippen LogP contribution is -2.10. The zero-order valence-corrected chi connectivity index (χ0v) is 16.1. The predicted molar refractivity (Wildman–Crippen MR) is 120 cm³/mol. The van der Waals surface area contributed by atoms with Crippen LogP contribution in [-0.2, 0) is 0 Å². The van der Waals surface area contributed by atoms with E-state index < -0.39 is 0 Å². The summed E-state index contributed by atoms with van der Waals surface area (Å²) in [6.45, 7) is 2.08. The van der Waals surface area contributed by atoms with Crippen LogP contribution in [0.2, 0.25) is 0 Å². The Kier molecular flexibility index (Phi) is 4.21. The summed E-state index contributed by atoms with van der Waals surface area (Å²) in [5.41, 5.74) is 6.46. The summed E-state index contributed by atoms with van der Waals surface area (Å²) in [5, 5.41) is 12.9. The van der Waals surface area contributed by atoms with Gasteiger partial charge >= 0.3 is 0 Å². The van der Waals surface area contributed by atoms with E-state index in [0.29, 0.717) is 6.42 Å². The fourth-order valence-corrected chi connectivity index (χ4v) is 3.74. The number of aromatic hydroxyl groups is 1. The third kappa shape index (κ3) is 3.21. The van der Waals surface area contributed by atoms with Gasteiger partial charge in [0.15, 0.2) is 0 Å². The van der Waals surface area contributed by atoms with E-state index in [0.717, 1.165) is 44.7 Å². The number of rotatable bonds is 2. The molecule has 29 heavy (non-hydrogen) atoms. The highest BCUT2D eigenvalue weighted by Gasteiger charge is 2.19. The maximum absolute atomic E-state index is 11.0. The van der Waals surface area contributed by atoms with Crippen LogP contribution in [0.5, 0.6) is 5.75 Å². The molecular weight excluding hydrogens is 356 g/mol. The molecule has 0 spiro atoms. The fraction of sp³-hybridized carbons (Fsp3) is 0.0769. The number of para-hydroxylation sites is 2. The maximum Gasteiger partial charge on any atom is 0.132 e. The second kappa shape index (κ2) is 7.02. The molecule has 0 saturated carbocycles. The topological polar surface area (TPSA) is 45.0 Å². The second-order valence-electron chi connectivity index (χ2n) is 7.33. The predicted octanol–water partition coefficient (Wildman–Crippen LogP) is 6.50. The summed E-state index contributed by atoms with van der Waals surface area (Å²) >= 11 is 0. The van der Waals surface area contributed by atoms with Crippen molar-refractivity contribution < 1.29 is 5.11 Å². The minimum atomic E-state index is 0.268. The van der Waals surface area contributed by atoms with Gasteiger partial charge in [0.05, 0.1) is 22.8 Å². The first-order chi connectivity index (χ1) is 14.2. The largest absolute Gasteiger partial charge is 0.507 e. The molecule has 0 amide bonds. The molecule has 0 fully saturated rings. The number of phenolic OH excluding ortho intramolecular Hbond substituents is 1. The number of nitrogens with zero attached hydrogens (tertiary/aromatic N) is 2. The van der Waals surface area contributed by atoms with Gasteiger partial charge in [-0.15, -0.1) is 0 Å². The molecule has 3 nitrogen and oxygen atoms in total. The third-order valence-electron chi connectivity index (χ3n) is 5.32. The quantitative estimate of drug-likeness (QED) is 0.426. The number of aliphatic imine (C=N–C) groups is 2. The van der Waals surface area contributed by atoms with Crippen LogP contribution < -0.4 is 0 Å². The van der Waals surface area contributed by atoms with E-state index in [1.165, 1.54) is 5.56 Å². The SMILES string of the molecule is Cc1ccc(C2=Nc3ccccc3N=C(c3ccc4ccccc4c3O)C2)cc1. The molecule has 1 N–H and O–H groups in total. The number of hydrogen-bond donors (Lipinski definition) is 1. The van der Waals surface area contributed by atoms with E-state index in [1.807, 2.05) is 60.7 Å².